The Morgan fingerprint density at radius 1 is 1.04 bits per heavy atom. The molecule has 0 bridgehead atoms. The maximum atomic E-state index is 14.5. The van der Waals surface area contributed by atoms with Gasteiger partial charge >= 0.3 is 6.18 Å². The van der Waals surface area contributed by atoms with E-state index < -0.39 is 43.9 Å². The summed E-state index contributed by atoms with van der Waals surface area (Å²) in [6.07, 6.45) is -4.16. The SMILES string of the molecule is Cc1cccc(-c2cc(C(F)(F)F)nn2-c2cc(F)c(S(C)(=O)=O)cc2F)n1. The van der Waals surface area contributed by atoms with Crippen molar-refractivity contribution in [2.24, 2.45) is 0 Å². The molecule has 5 nitrogen and oxygen atoms in total. The van der Waals surface area contributed by atoms with E-state index in [1.54, 1.807) is 13.0 Å². The summed E-state index contributed by atoms with van der Waals surface area (Å²) in [5, 5.41) is 3.35. The number of benzene rings is 1. The predicted octanol–water partition coefficient (Wildman–Crippen LogP) is 3.94. The van der Waals surface area contributed by atoms with Crippen LogP contribution in [0.4, 0.5) is 22.0 Å². The van der Waals surface area contributed by atoms with Crippen LogP contribution in [0.25, 0.3) is 17.1 Å². The molecule has 0 aliphatic rings. The summed E-state index contributed by atoms with van der Waals surface area (Å²) in [6.45, 7) is 1.61. The Bertz CT molecular complexity index is 1170. The third-order valence-corrected chi connectivity index (χ3v) is 4.89. The van der Waals surface area contributed by atoms with E-state index in [0.717, 1.165) is 0 Å². The minimum Gasteiger partial charge on any atom is -0.251 e. The maximum Gasteiger partial charge on any atom is 0.435 e. The van der Waals surface area contributed by atoms with Crippen molar-refractivity contribution in [1.29, 1.82) is 0 Å². The first-order chi connectivity index (χ1) is 12.9. The standard InChI is InChI=1S/C17H12F5N3O2S/c1-9-4-3-5-12(23-9)14-8-16(17(20,21)22)24-25(14)13-6-11(19)15(7-10(13)18)28(2,26)27/h3-8H,1-2H3. The van der Waals surface area contributed by atoms with Crippen LogP contribution in [0.15, 0.2) is 41.3 Å². The quantitative estimate of drug-likeness (QED) is 0.606. The average molecular weight is 417 g/mol. The zero-order valence-corrected chi connectivity index (χ0v) is 15.2. The molecular formula is C17H12F5N3O2S. The van der Waals surface area contributed by atoms with Gasteiger partial charge in [0, 0.05) is 18.0 Å². The van der Waals surface area contributed by atoms with Crippen LogP contribution < -0.4 is 0 Å². The molecule has 11 heteroatoms. The van der Waals surface area contributed by atoms with Gasteiger partial charge in [0.2, 0.25) is 0 Å². The van der Waals surface area contributed by atoms with E-state index in [2.05, 4.69) is 10.1 Å². The Morgan fingerprint density at radius 3 is 2.29 bits per heavy atom. The number of aromatic nitrogens is 3. The number of sulfone groups is 1. The van der Waals surface area contributed by atoms with Crippen molar-refractivity contribution < 1.29 is 30.4 Å². The molecule has 0 spiro atoms. The minimum absolute atomic E-state index is 0.0509. The molecule has 0 fully saturated rings. The number of hydrogen-bond acceptors (Lipinski definition) is 4. The van der Waals surface area contributed by atoms with Gasteiger partial charge in [0.15, 0.2) is 15.5 Å². The predicted molar refractivity (Wildman–Crippen MR) is 89.6 cm³/mol. The number of alkyl halides is 3. The first-order valence-electron chi connectivity index (χ1n) is 7.68. The first kappa shape index (κ1) is 19.9. The van der Waals surface area contributed by atoms with E-state index >= 15 is 0 Å². The number of hydrogen-bond donors (Lipinski definition) is 0. The summed E-state index contributed by atoms with van der Waals surface area (Å²) in [4.78, 5) is 3.18. The van der Waals surface area contributed by atoms with Crippen molar-refractivity contribution in [2.75, 3.05) is 6.26 Å². The van der Waals surface area contributed by atoms with Crippen molar-refractivity contribution in [2.45, 2.75) is 18.0 Å². The topological polar surface area (TPSA) is 64.8 Å². The average Bonchev–Trinajstić information content (AvgIpc) is 3.01. The molecular weight excluding hydrogens is 405 g/mol. The molecule has 148 valence electrons. The fourth-order valence-electron chi connectivity index (χ4n) is 2.54. The first-order valence-corrected chi connectivity index (χ1v) is 9.58. The normalized spacial score (nSPS) is 12.4. The molecule has 0 atom stereocenters. The molecule has 28 heavy (non-hydrogen) atoms. The van der Waals surface area contributed by atoms with Crippen molar-refractivity contribution in [1.82, 2.24) is 14.8 Å². The van der Waals surface area contributed by atoms with Gasteiger partial charge in [0.05, 0.1) is 11.4 Å². The van der Waals surface area contributed by atoms with Crippen LogP contribution in [-0.4, -0.2) is 29.4 Å². The van der Waals surface area contributed by atoms with Crippen LogP contribution in [-0.2, 0) is 16.0 Å². The molecule has 0 N–H and O–H groups in total. The zero-order chi connectivity index (χ0) is 20.9. The monoisotopic (exact) mass is 417 g/mol. The highest BCUT2D eigenvalue weighted by Gasteiger charge is 2.36. The van der Waals surface area contributed by atoms with Gasteiger partial charge in [-0.25, -0.2) is 21.9 Å². The number of nitrogens with zero attached hydrogens (tertiary/aromatic N) is 3. The van der Waals surface area contributed by atoms with Crippen molar-refractivity contribution in [3.8, 4) is 17.1 Å². The molecule has 3 rings (SSSR count). The van der Waals surface area contributed by atoms with Crippen LogP contribution >= 0.6 is 0 Å². The van der Waals surface area contributed by atoms with Crippen molar-refractivity contribution in [3.05, 3.63) is 59.4 Å². The van der Waals surface area contributed by atoms with E-state index in [4.69, 9.17) is 0 Å². The lowest BCUT2D eigenvalue weighted by molar-refractivity contribution is -0.141. The molecule has 0 unspecified atom stereocenters. The Labute approximate surface area is 156 Å². The van der Waals surface area contributed by atoms with Crippen LogP contribution in [0, 0.1) is 18.6 Å². The van der Waals surface area contributed by atoms with Gasteiger partial charge in [-0.15, -0.1) is 0 Å². The third kappa shape index (κ3) is 3.75. The maximum absolute atomic E-state index is 14.5. The molecule has 0 radical (unpaired) electrons. The Kier molecular flexibility index (Phi) is 4.74. The van der Waals surface area contributed by atoms with E-state index in [9.17, 15) is 30.4 Å². The number of halogens is 5. The summed E-state index contributed by atoms with van der Waals surface area (Å²) >= 11 is 0. The largest absolute Gasteiger partial charge is 0.435 e. The smallest absolute Gasteiger partial charge is 0.251 e. The van der Waals surface area contributed by atoms with E-state index in [0.29, 0.717) is 34.8 Å². The van der Waals surface area contributed by atoms with Gasteiger partial charge in [-0.1, -0.05) is 6.07 Å². The molecule has 2 heterocycles. The fourth-order valence-corrected chi connectivity index (χ4v) is 3.27. The number of pyridine rings is 1. The molecule has 0 aliphatic carbocycles. The number of rotatable bonds is 3. The fraction of sp³-hybridized carbons (Fsp3) is 0.176. The highest BCUT2D eigenvalue weighted by molar-refractivity contribution is 7.90. The lowest BCUT2D eigenvalue weighted by Crippen LogP contribution is -2.10. The van der Waals surface area contributed by atoms with Crippen LogP contribution in [0.1, 0.15) is 11.4 Å². The summed E-state index contributed by atoms with van der Waals surface area (Å²) < 4.78 is 91.8. The second-order valence-corrected chi connectivity index (χ2v) is 7.98. The van der Waals surface area contributed by atoms with E-state index in [-0.39, 0.29) is 11.4 Å². The molecule has 0 saturated heterocycles. The molecule has 1 aromatic carbocycles. The second-order valence-electron chi connectivity index (χ2n) is 5.99. The van der Waals surface area contributed by atoms with Gasteiger partial charge in [0.25, 0.3) is 0 Å². The van der Waals surface area contributed by atoms with E-state index in [1.807, 2.05) is 0 Å². The highest BCUT2D eigenvalue weighted by Crippen LogP contribution is 2.34. The van der Waals surface area contributed by atoms with E-state index in [1.165, 1.54) is 12.1 Å². The summed E-state index contributed by atoms with van der Waals surface area (Å²) in [5.74, 6) is -2.57. The molecule has 0 saturated carbocycles. The molecule has 3 aromatic rings. The van der Waals surface area contributed by atoms with Crippen LogP contribution in [0.2, 0.25) is 0 Å². The van der Waals surface area contributed by atoms with Crippen molar-refractivity contribution in [3.63, 3.8) is 0 Å². The molecule has 0 amide bonds. The Hall–Kier alpha value is -2.82. The highest BCUT2D eigenvalue weighted by atomic mass is 32.2. The third-order valence-electron chi connectivity index (χ3n) is 3.78. The molecule has 0 aliphatic heterocycles. The summed E-state index contributed by atoms with van der Waals surface area (Å²) in [6, 6.07) is 6.08. The van der Waals surface area contributed by atoms with Gasteiger partial charge in [0.1, 0.15) is 22.2 Å². The van der Waals surface area contributed by atoms with Gasteiger partial charge < -0.3 is 0 Å². The lowest BCUT2D eigenvalue weighted by atomic mass is 10.2. The van der Waals surface area contributed by atoms with Gasteiger partial charge in [-0.2, -0.15) is 18.3 Å². The van der Waals surface area contributed by atoms with Gasteiger partial charge in [-0.3, -0.25) is 4.98 Å². The summed E-state index contributed by atoms with van der Waals surface area (Å²) in [5.41, 5.74) is -1.72. The summed E-state index contributed by atoms with van der Waals surface area (Å²) in [7, 11) is -4.08. The minimum atomic E-state index is -4.84. The lowest BCUT2D eigenvalue weighted by Gasteiger charge is -2.11. The Balaban J connectivity index is 2.30. The Morgan fingerprint density at radius 2 is 1.71 bits per heavy atom. The van der Waals surface area contributed by atoms with Crippen LogP contribution in [0.5, 0.6) is 0 Å². The van der Waals surface area contributed by atoms with Crippen molar-refractivity contribution >= 4 is 9.84 Å². The number of aryl methyl sites for hydroxylation is 1. The van der Waals surface area contributed by atoms with Crippen LogP contribution in [0.3, 0.4) is 0 Å². The second kappa shape index (κ2) is 6.66. The molecule has 2 aromatic heterocycles. The van der Waals surface area contributed by atoms with Gasteiger partial charge in [-0.05, 0) is 31.2 Å². The zero-order valence-electron chi connectivity index (χ0n) is 14.4.